The topological polar surface area (TPSA) is 77.1 Å². The summed E-state index contributed by atoms with van der Waals surface area (Å²) in [5, 5.41) is 13.8. The van der Waals surface area contributed by atoms with E-state index in [4.69, 9.17) is 9.97 Å². The number of rotatable bonds is 7. The van der Waals surface area contributed by atoms with Gasteiger partial charge in [0.15, 0.2) is 5.82 Å². The fourth-order valence-corrected chi connectivity index (χ4v) is 5.26. The molecule has 3 N–H and O–H groups in total. The maximum absolute atomic E-state index is 9.76. The van der Waals surface area contributed by atoms with Gasteiger partial charge in [0.1, 0.15) is 11.3 Å². The fraction of sp³-hybridized carbons (Fsp3) is 0.333. The van der Waals surface area contributed by atoms with Crippen LogP contribution in [0.3, 0.4) is 0 Å². The van der Waals surface area contributed by atoms with E-state index < -0.39 is 0 Å². The Hall–Kier alpha value is -3.03. The molecule has 1 aliphatic rings. The van der Waals surface area contributed by atoms with Gasteiger partial charge in [-0.15, -0.1) is 11.8 Å². The Morgan fingerprint density at radius 1 is 1.06 bits per heavy atom. The molecule has 1 aliphatic heterocycles. The molecule has 2 aromatic carbocycles. The molecule has 0 bridgehead atoms. The van der Waals surface area contributed by atoms with Gasteiger partial charge in [-0.3, -0.25) is 0 Å². The molecule has 0 amide bonds. The Morgan fingerprint density at radius 3 is 2.59 bits per heavy atom. The highest BCUT2D eigenvalue weighted by molar-refractivity contribution is 8.00. The van der Waals surface area contributed by atoms with Crippen LogP contribution in [0, 0.1) is 0 Å². The number of para-hydroxylation sites is 1. The Labute approximate surface area is 204 Å². The molecule has 7 heteroatoms. The molecule has 3 heterocycles. The minimum Gasteiger partial charge on any atom is -0.393 e. The van der Waals surface area contributed by atoms with Crippen LogP contribution in [0.2, 0.25) is 0 Å². The van der Waals surface area contributed by atoms with Crippen molar-refractivity contribution in [1.29, 1.82) is 0 Å². The molecule has 0 saturated carbocycles. The molecular weight excluding hydrogens is 442 g/mol. The maximum Gasteiger partial charge on any atom is 0.158 e. The molecule has 0 aliphatic carbocycles. The standard InChI is InChI=1S/C27H31N5OS/c1-18(2)34-24-6-4-3-5-22(24)30-27-26-23(11-14-28-26)29-25(31-27)17-19-7-9-20(10-8-19)32-15-12-21(33)13-16-32/h3-11,14,18,21,28,33H,12-13,15-17H2,1-2H3,(H,29,30,31). The van der Waals surface area contributed by atoms with Crippen LogP contribution in [-0.4, -0.2) is 44.5 Å². The first-order valence-corrected chi connectivity index (χ1v) is 12.8. The van der Waals surface area contributed by atoms with Crippen molar-refractivity contribution < 1.29 is 5.11 Å². The summed E-state index contributed by atoms with van der Waals surface area (Å²) in [6.45, 7) is 6.21. The average Bonchev–Trinajstić information content (AvgIpc) is 3.30. The van der Waals surface area contributed by atoms with Crippen molar-refractivity contribution in [2.75, 3.05) is 23.3 Å². The summed E-state index contributed by atoms with van der Waals surface area (Å²) in [5.41, 5.74) is 5.26. The lowest BCUT2D eigenvalue weighted by atomic mass is 10.1. The zero-order valence-corrected chi connectivity index (χ0v) is 20.5. The predicted molar refractivity (Wildman–Crippen MR) is 141 cm³/mol. The number of piperidine rings is 1. The fourth-order valence-electron chi connectivity index (χ4n) is 4.35. The van der Waals surface area contributed by atoms with Gasteiger partial charge >= 0.3 is 0 Å². The van der Waals surface area contributed by atoms with Gasteiger partial charge < -0.3 is 20.3 Å². The second-order valence-corrected chi connectivity index (χ2v) is 10.7. The minimum absolute atomic E-state index is 0.158. The summed E-state index contributed by atoms with van der Waals surface area (Å²) in [4.78, 5) is 16.5. The third kappa shape index (κ3) is 5.21. The molecular formula is C27H31N5OS. The second-order valence-electron chi connectivity index (χ2n) is 9.08. The third-order valence-electron chi connectivity index (χ3n) is 6.08. The first-order chi connectivity index (χ1) is 16.5. The quantitative estimate of drug-likeness (QED) is 0.297. The lowest BCUT2D eigenvalue weighted by Crippen LogP contribution is -2.35. The second kappa shape index (κ2) is 10.1. The zero-order chi connectivity index (χ0) is 23.5. The number of aromatic nitrogens is 3. The van der Waals surface area contributed by atoms with E-state index in [-0.39, 0.29) is 6.10 Å². The van der Waals surface area contributed by atoms with E-state index in [0.717, 1.165) is 54.3 Å². The summed E-state index contributed by atoms with van der Waals surface area (Å²) in [6.07, 6.45) is 4.08. The van der Waals surface area contributed by atoms with Crippen LogP contribution in [0.15, 0.2) is 65.7 Å². The van der Waals surface area contributed by atoms with Gasteiger partial charge in [0.2, 0.25) is 0 Å². The molecule has 0 spiro atoms. The number of aromatic amines is 1. The van der Waals surface area contributed by atoms with Crippen molar-refractivity contribution in [2.24, 2.45) is 0 Å². The lowest BCUT2D eigenvalue weighted by molar-refractivity contribution is 0.145. The highest BCUT2D eigenvalue weighted by atomic mass is 32.2. The van der Waals surface area contributed by atoms with Crippen LogP contribution in [0.25, 0.3) is 11.0 Å². The van der Waals surface area contributed by atoms with Crippen LogP contribution in [-0.2, 0) is 6.42 Å². The van der Waals surface area contributed by atoms with Crippen molar-refractivity contribution in [3.05, 3.63) is 72.2 Å². The number of fused-ring (bicyclic) bond motifs is 1. The third-order valence-corrected chi connectivity index (χ3v) is 7.16. The average molecular weight is 474 g/mol. The summed E-state index contributed by atoms with van der Waals surface area (Å²) in [6, 6.07) is 19.0. The van der Waals surface area contributed by atoms with E-state index in [2.05, 4.69) is 71.5 Å². The predicted octanol–water partition coefficient (Wildman–Crippen LogP) is 5.75. The molecule has 0 radical (unpaired) electrons. The highest BCUT2D eigenvalue weighted by Crippen LogP contribution is 2.33. The number of hydrogen-bond donors (Lipinski definition) is 3. The van der Waals surface area contributed by atoms with Gasteiger partial charge in [0.05, 0.1) is 17.3 Å². The SMILES string of the molecule is CC(C)Sc1ccccc1Nc1nc(Cc2ccc(N3CCC(O)CC3)cc2)nc2cc[nH]c12. The maximum atomic E-state index is 9.76. The number of aliphatic hydroxyl groups is 1. The number of thioether (sulfide) groups is 1. The molecule has 34 heavy (non-hydrogen) atoms. The van der Waals surface area contributed by atoms with Crippen LogP contribution in [0.1, 0.15) is 38.1 Å². The number of anilines is 3. The van der Waals surface area contributed by atoms with E-state index in [9.17, 15) is 5.11 Å². The minimum atomic E-state index is -0.158. The van der Waals surface area contributed by atoms with E-state index in [0.29, 0.717) is 11.7 Å². The van der Waals surface area contributed by atoms with Crippen LogP contribution < -0.4 is 10.2 Å². The van der Waals surface area contributed by atoms with E-state index in [1.165, 1.54) is 16.1 Å². The summed E-state index contributed by atoms with van der Waals surface area (Å²) < 4.78 is 0. The van der Waals surface area contributed by atoms with E-state index in [1.807, 2.05) is 30.1 Å². The van der Waals surface area contributed by atoms with Gasteiger partial charge in [0.25, 0.3) is 0 Å². The summed E-state index contributed by atoms with van der Waals surface area (Å²) >= 11 is 1.84. The van der Waals surface area contributed by atoms with E-state index >= 15 is 0 Å². The molecule has 4 aromatic rings. The summed E-state index contributed by atoms with van der Waals surface area (Å²) in [7, 11) is 0. The number of nitrogens with one attached hydrogen (secondary N) is 2. The first kappa shape index (κ1) is 22.7. The molecule has 176 valence electrons. The van der Waals surface area contributed by atoms with Crippen LogP contribution >= 0.6 is 11.8 Å². The van der Waals surface area contributed by atoms with Crippen molar-refractivity contribution in [2.45, 2.75) is 49.4 Å². The number of H-pyrrole nitrogens is 1. The normalized spacial score (nSPS) is 14.8. The van der Waals surface area contributed by atoms with Crippen LogP contribution in [0.5, 0.6) is 0 Å². The molecule has 1 saturated heterocycles. The molecule has 2 aromatic heterocycles. The highest BCUT2D eigenvalue weighted by Gasteiger charge is 2.17. The van der Waals surface area contributed by atoms with Gasteiger partial charge in [-0.05, 0) is 48.7 Å². The van der Waals surface area contributed by atoms with E-state index in [1.54, 1.807) is 0 Å². The number of aliphatic hydroxyl groups excluding tert-OH is 1. The molecule has 6 nitrogen and oxygen atoms in total. The van der Waals surface area contributed by atoms with Crippen molar-refractivity contribution in [1.82, 2.24) is 15.0 Å². The monoisotopic (exact) mass is 473 g/mol. The Kier molecular flexibility index (Phi) is 6.74. The Balaban J connectivity index is 1.37. The first-order valence-electron chi connectivity index (χ1n) is 11.9. The number of hydrogen-bond acceptors (Lipinski definition) is 6. The molecule has 1 fully saturated rings. The molecule has 5 rings (SSSR count). The van der Waals surface area contributed by atoms with Gasteiger partial charge in [0, 0.05) is 41.5 Å². The van der Waals surface area contributed by atoms with Crippen LogP contribution in [0.4, 0.5) is 17.2 Å². The zero-order valence-electron chi connectivity index (χ0n) is 19.7. The number of benzene rings is 2. The van der Waals surface area contributed by atoms with Gasteiger partial charge in [-0.25, -0.2) is 9.97 Å². The van der Waals surface area contributed by atoms with Crippen molar-refractivity contribution >= 4 is 40.0 Å². The smallest absolute Gasteiger partial charge is 0.158 e. The van der Waals surface area contributed by atoms with Crippen molar-refractivity contribution in [3.8, 4) is 0 Å². The van der Waals surface area contributed by atoms with Gasteiger partial charge in [-0.2, -0.15) is 0 Å². The Morgan fingerprint density at radius 2 is 1.82 bits per heavy atom. The largest absolute Gasteiger partial charge is 0.393 e. The molecule has 0 atom stereocenters. The number of nitrogens with zero attached hydrogens (tertiary/aromatic N) is 3. The lowest BCUT2D eigenvalue weighted by Gasteiger charge is -2.31. The molecule has 0 unspecified atom stereocenters. The Bertz CT molecular complexity index is 1250. The van der Waals surface area contributed by atoms with Gasteiger partial charge in [-0.1, -0.05) is 38.1 Å². The van der Waals surface area contributed by atoms with Crippen molar-refractivity contribution in [3.63, 3.8) is 0 Å². The summed E-state index contributed by atoms with van der Waals surface area (Å²) in [5.74, 6) is 1.59.